The molecule has 1 amide bonds. The number of amides is 1. The molecule has 0 spiro atoms. The van der Waals surface area contributed by atoms with Gasteiger partial charge < -0.3 is 10.2 Å². The Morgan fingerprint density at radius 1 is 1.53 bits per heavy atom. The first-order valence-corrected chi connectivity index (χ1v) is 6.27. The monoisotopic (exact) mass is 262 g/mol. The maximum atomic E-state index is 11.7. The van der Waals surface area contributed by atoms with Crippen molar-refractivity contribution in [2.24, 2.45) is 0 Å². The van der Waals surface area contributed by atoms with Crippen molar-refractivity contribution in [1.82, 2.24) is 24.9 Å². The number of hydrogen-bond donors (Lipinski definition) is 1. The van der Waals surface area contributed by atoms with Crippen molar-refractivity contribution in [3.05, 3.63) is 18.1 Å². The first kappa shape index (κ1) is 13.3. The fourth-order valence-corrected chi connectivity index (χ4v) is 1.80. The van der Waals surface area contributed by atoms with Crippen LogP contribution < -0.4 is 10.2 Å². The second kappa shape index (κ2) is 5.64. The van der Waals surface area contributed by atoms with Gasteiger partial charge >= 0.3 is 0 Å². The molecule has 7 heteroatoms. The van der Waals surface area contributed by atoms with E-state index in [0.29, 0.717) is 12.3 Å². The van der Waals surface area contributed by atoms with Crippen LogP contribution in [0.3, 0.4) is 0 Å². The first-order valence-electron chi connectivity index (χ1n) is 6.27. The number of nitrogens with one attached hydrogen (secondary N) is 1. The number of fused-ring (bicyclic) bond motifs is 1. The van der Waals surface area contributed by atoms with Gasteiger partial charge in [0.05, 0.1) is 6.54 Å². The predicted molar refractivity (Wildman–Crippen MR) is 72.1 cm³/mol. The van der Waals surface area contributed by atoms with Gasteiger partial charge in [-0.1, -0.05) is 6.92 Å². The van der Waals surface area contributed by atoms with Crippen LogP contribution in [0.4, 0.5) is 5.82 Å². The van der Waals surface area contributed by atoms with Crippen molar-refractivity contribution >= 4 is 17.5 Å². The highest BCUT2D eigenvalue weighted by atomic mass is 16.2. The number of aromatic nitrogens is 4. The second-order valence-electron chi connectivity index (χ2n) is 4.43. The Kier molecular flexibility index (Phi) is 3.94. The lowest BCUT2D eigenvalue weighted by Gasteiger charge is -2.19. The number of nitrogens with zero attached hydrogens (tertiary/aromatic N) is 5. The summed E-state index contributed by atoms with van der Waals surface area (Å²) in [5.74, 6) is 1.33. The van der Waals surface area contributed by atoms with Crippen molar-refractivity contribution in [2.45, 2.75) is 20.3 Å². The van der Waals surface area contributed by atoms with E-state index in [1.807, 2.05) is 31.9 Å². The molecule has 0 aliphatic rings. The summed E-state index contributed by atoms with van der Waals surface area (Å²) in [5.41, 5.74) is 0.844. The third-order valence-electron chi connectivity index (χ3n) is 2.71. The van der Waals surface area contributed by atoms with E-state index in [2.05, 4.69) is 20.4 Å². The molecule has 0 unspecified atom stereocenters. The number of carbonyl (C=O) groups is 1. The Balaban J connectivity index is 2.18. The summed E-state index contributed by atoms with van der Waals surface area (Å²) in [5, 5.41) is 6.97. The van der Waals surface area contributed by atoms with Crippen molar-refractivity contribution in [3.63, 3.8) is 0 Å². The quantitative estimate of drug-likeness (QED) is 0.844. The van der Waals surface area contributed by atoms with E-state index in [1.165, 1.54) is 6.33 Å². The van der Waals surface area contributed by atoms with Crippen LogP contribution >= 0.6 is 0 Å². The summed E-state index contributed by atoms with van der Waals surface area (Å²) < 4.78 is 1.63. The summed E-state index contributed by atoms with van der Waals surface area (Å²) in [6.45, 7) is 4.89. The Bertz CT molecular complexity index is 579. The van der Waals surface area contributed by atoms with Crippen LogP contribution in [-0.4, -0.2) is 45.6 Å². The van der Waals surface area contributed by atoms with E-state index in [-0.39, 0.29) is 12.5 Å². The van der Waals surface area contributed by atoms with Crippen LogP contribution in [0.2, 0.25) is 0 Å². The van der Waals surface area contributed by atoms with E-state index in [1.54, 1.807) is 4.52 Å². The summed E-state index contributed by atoms with van der Waals surface area (Å²) in [6.07, 6.45) is 2.38. The molecule has 0 saturated carbocycles. The Morgan fingerprint density at radius 2 is 2.32 bits per heavy atom. The SMILES string of the molecule is CCCNC(=O)CN(C)c1cc(C)nc2ncnn12. The van der Waals surface area contributed by atoms with E-state index < -0.39 is 0 Å². The number of anilines is 1. The van der Waals surface area contributed by atoms with Crippen LogP contribution in [0.5, 0.6) is 0 Å². The topological polar surface area (TPSA) is 75.4 Å². The van der Waals surface area contributed by atoms with Crippen molar-refractivity contribution < 1.29 is 4.79 Å². The molecule has 0 bridgehead atoms. The van der Waals surface area contributed by atoms with Gasteiger partial charge in [0, 0.05) is 25.4 Å². The number of carbonyl (C=O) groups excluding carboxylic acids is 1. The molecule has 1 N–H and O–H groups in total. The molecule has 2 aromatic heterocycles. The Hall–Kier alpha value is -2.18. The van der Waals surface area contributed by atoms with Gasteiger partial charge in [0.2, 0.25) is 5.91 Å². The van der Waals surface area contributed by atoms with Crippen LogP contribution in [-0.2, 0) is 4.79 Å². The van der Waals surface area contributed by atoms with Gasteiger partial charge in [0.15, 0.2) is 0 Å². The normalized spacial score (nSPS) is 10.7. The molecule has 102 valence electrons. The molecular formula is C12H18N6O. The zero-order chi connectivity index (χ0) is 13.8. The third kappa shape index (κ3) is 2.98. The fraction of sp³-hybridized carbons (Fsp3) is 0.500. The maximum Gasteiger partial charge on any atom is 0.254 e. The van der Waals surface area contributed by atoms with Crippen molar-refractivity contribution in [2.75, 3.05) is 25.0 Å². The lowest BCUT2D eigenvalue weighted by molar-refractivity contribution is -0.119. The summed E-state index contributed by atoms with van der Waals surface area (Å²) in [7, 11) is 1.85. The number of hydrogen-bond acceptors (Lipinski definition) is 5. The zero-order valence-electron chi connectivity index (χ0n) is 11.4. The van der Waals surface area contributed by atoms with E-state index in [9.17, 15) is 4.79 Å². The molecule has 0 radical (unpaired) electrons. The van der Waals surface area contributed by atoms with Crippen LogP contribution in [0.25, 0.3) is 5.78 Å². The summed E-state index contributed by atoms with van der Waals surface area (Å²) in [6, 6.07) is 1.88. The minimum absolute atomic E-state index is 0.00733. The molecule has 0 fully saturated rings. The molecular weight excluding hydrogens is 244 g/mol. The van der Waals surface area contributed by atoms with Crippen LogP contribution in [0.1, 0.15) is 19.0 Å². The highest BCUT2D eigenvalue weighted by molar-refractivity contribution is 5.80. The van der Waals surface area contributed by atoms with Gasteiger partial charge in [-0.25, -0.2) is 4.98 Å². The first-order chi connectivity index (χ1) is 9.11. The number of rotatable bonds is 5. The predicted octanol–water partition coefficient (Wildman–Crippen LogP) is 0.395. The number of aryl methyl sites for hydroxylation is 1. The number of likely N-dealkylation sites (N-methyl/N-ethyl adjacent to an activating group) is 1. The molecule has 2 heterocycles. The fourth-order valence-electron chi connectivity index (χ4n) is 1.80. The standard InChI is InChI=1S/C12H18N6O/c1-4-5-13-10(19)7-17(3)11-6-9(2)16-12-14-8-15-18(11)12/h6,8H,4-5,7H2,1-3H3,(H,13,19). The average Bonchev–Trinajstić information content (AvgIpc) is 2.83. The Morgan fingerprint density at radius 3 is 3.05 bits per heavy atom. The highest BCUT2D eigenvalue weighted by Crippen LogP contribution is 2.13. The Labute approximate surface area is 111 Å². The van der Waals surface area contributed by atoms with Crippen molar-refractivity contribution in [1.29, 1.82) is 0 Å². The van der Waals surface area contributed by atoms with Gasteiger partial charge in [-0.05, 0) is 13.3 Å². The summed E-state index contributed by atoms with van der Waals surface area (Å²) >= 11 is 0. The van der Waals surface area contributed by atoms with Crippen LogP contribution in [0, 0.1) is 6.92 Å². The van der Waals surface area contributed by atoms with Gasteiger partial charge in [0.25, 0.3) is 5.78 Å². The molecule has 0 aliphatic heterocycles. The lowest BCUT2D eigenvalue weighted by Crippen LogP contribution is -2.36. The molecule has 0 aromatic carbocycles. The molecule has 2 rings (SSSR count). The molecule has 0 atom stereocenters. The van der Waals surface area contributed by atoms with Crippen LogP contribution in [0.15, 0.2) is 12.4 Å². The minimum atomic E-state index is -0.00733. The second-order valence-corrected chi connectivity index (χ2v) is 4.43. The minimum Gasteiger partial charge on any atom is -0.355 e. The molecule has 19 heavy (non-hydrogen) atoms. The molecule has 7 nitrogen and oxygen atoms in total. The molecule has 0 saturated heterocycles. The average molecular weight is 262 g/mol. The smallest absolute Gasteiger partial charge is 0.254 e. The third-order valence-corrected chi connectivity index (χ3v) is 2.71. The summed E-state index contributed by atoms with van der Waals surface area (Å²) in [4.78, 5) is 21.9. The largest absolute Gasteiger partial charge is 0.355 e. The lowest BCUT2D eigenvalue weighted by atomic mass is 10.4. The van der Waals surface area contributed by atoms with Gasteiger partial charge in [0.1, 0.15) is 12.1 Å². The van der Waals surface area contributed by atoms with E-state index >= 15 is 0 Å². The van der Waals surface area contributed by atoms with Crippen molar-refractivity contribution in [3.8, 4) is 0 Å². The zero-order valence-corrected chi connectivity index (χ0v) is 11.4. The van der Waals surface area contributed by atoms with Gasteiger partial charge in [-0.3, -0.25) is 4.79 Å². The van der Waals surface area contributed by atoms with Gasteiger partial charge in [-0.2, -0.15) is 14.6 Å². The van der Waals surface area contributed by atoms with Gasteiger partial charge in [-0.15, -0.1) is 0 Å². The molecule has 0 aliphatic carbocycles. The maximum absolute atomic E-state index is 11.7. The highest BCUT2D eigenvalue weighted by Gasteiger charge is 2.12. The van der Waals surface area contributed by atoms with E-state index in [0.717, 1.165) is 17.9 Å². The molecule has 2 aromatic rings. The van der Waals surface area contributed by atoms with E-state index in [4.69, 9.17) is 0 Å².